The average molecular weight is 420 g/mol. The Labute approximate surface area is 173 Å². The first-order valence-electron chi connectivity index (χ1n) is 8.37. The summed E-state index contributed by atoms with van der Waals surface area (Å²) in [6.07, 6.45) is 3.49. The molecule has 0 heterocycles. The third kappa shape index (κ3) is 6.76. The molecule has 146 valence electrons. The van der Waals surface area contributed by atoms with Gasteiger partial charge in [-0.25, -0.2) is 4.79 Å². The zero-order valence-corrected chi connectivity index (χ0v) is 16.7. The Morgan fingerprint density at radius 2 is 1.89 bits per heavy atom. The zero-order chi connectivity index (χ0) is 20.5. The number of benzene rings is 2. The van der Waals surface area contributed by atoms with Crippen molar-refractivity contribution >= 4 is 46.8 Å². The van der Waals surface area contributed by atoms with E-state index in [4.69, 9.17) is 32.7 Å². The second-order valence-electron chi connectivity index (χ2n) is 5.69. The van der Waals surface area contributed by atoms with E-state index in [2.05, 4.69) is 11.9 Å². The van der Waals surface area contributed by atoms with Gasteiger partial charge in [0.05, 0.1) is 10.7 Å². The number of nitrogens with one attached hydrogen (secondary N) is 1. The molecule has 0 aliphatic rings. The lowest BCUT2D eigenvalue weighted by molar-refractivity contribution is -0.148. The van der Waals surface area contributed by atoms with Crippen molar-refractivity contribution in [3.63, 3.8) is 0 Å². The van der Waals surface area contributed by atoms with E-state index < -0.39 is 18.0 Å². The summed E-state index contributed by atoms with van der Waals surface area (Å²) in [7, 11) is 0. The Balaban J connectivity index is 1.87. The molecule has 0 saturated heterocycles. The smallest absolute Gasteiger partial charge is 0.331 e. The van der Waals surface area contributed by atoms with Crippen molar-refractivity contribution in [3.05, 3.63) is 76.8 Å². The topological polar surface area (TPSA) is 64.6 Å². The summed E-state index contributed by atoms with van der Waals surface area (Å²) < 4.78 is 10.5. The van der Waals surface area contributed by atoms with Crippen molar-refractivity contribution in [1.29, 1.82) is 0 Å². The van der Waals surface area contributed by atoms with E-state index in [1.165, 1.54) is 19.1 Å². The molecule has 1 unspecified atom stereocenters. The SMILES string of the molecule is C=CCOc1ccc(/C=C/C(=O)OC(C)C(=O)Nc2ccc(Cl)cc2Cl)cc1. The minimum atomic E-state index is -1.00. The molecule has 0 aliphatic carbocycles. The molecule has 1 N–H and O–H groups in total. The molecular formula is C21H19Cl2NO4. The quantitative estimate of drug-likeness (QED) is 0.365. The van der Waals surface area contributed by atoms with Gasteiger partial charge in [-0.3, -0.25) is 4.79 Å². The number of hydrogen-bond acceptors (Lipinski definition) is 4. The molecule has 28 heavy (non-hydrogen) atoms. The Bertz CT molecular complexity index is 878. The van der Waals surface area contributed by atoms with Crippen molar-refractivity contribution in [3.8, 4) is 5.75 Å². The highest BCUT2D eigenvalue weighted by atomic mass is 35.5. The van der Waals surface area contributed by atoms with Gasteiger partial charge in [0.15, 0.2) is 6.10 Å². The highest BCUT2D eigenvalue weighted by Crippen LogP contribution is 2.25. The summed E-state index contributed by atoms with van der Waals surface area (Å²) in [5, 5.41) is 3.33. The minimum absolute atomic E-state index is 0.291. The normalized spacial score (nSPS) is 11.7. The summed E-state index contributed by atoms with van der Waals surface area (Å²) in [6.45, 7) is 5.47. The number of rotatable bonds is 8. The number of anilines is 1. The van der Waals surface area contributed by atoms with Crippen molar-refractivity contribution in [2.45, 2.75) is 13.0 Å². The van der Waals surface area contributed by atoms with Crippen LogP contribution in [0.2, 0.25) is 10.0 Å². The molecule has 5 nitrogen and oxygen atoms in total. The molecule has 1 amide bonds. The first kappa shape index (κ1) is 21.5. The van der Waals surface area contributed by atoms with Crippen molar-refractivity contribution in [2.24, 2.45) is 0 Å². The van der Waals surface area contributed by atoms with Gasteiger partial charge in [-0.1, -0.05) is 48.0 Å². The Morgan fingerprint density at radius 1 is 1.18 bits per heavy atom. The van der Waals surface area contributed by atoms with Gasteiger partial charge in [0.2, 0.25) is 0 Å². The zero-order valence-electron chi connectivity index (χ0n) is 15.2. The number of esters is 1. The number of halogens is 2. The van der Waals surface area contributed by atoms with Gasteiger partial charge in [-0.05, 0) is 48.9 Å². The second-order valence-corrected chi connectivity index (χ2v) is 6.54. The van der Waals surface area contributed by atoms with Crippen LogP contribution < -0.4 is 10.1 Å². The lowest BCUT2D eigenvalue weighted by Gasteiger charge is -2.13. The molecule has 0 radical (unpaired) electrons. The molecule has 2 rings (SSSR count). The standard InChI is InChI=1S/C21H19Cl2NO4/c1-3-12-27-17-8-4-15(5-9-17)6-11-20(25)28-14(2)21(26)24-19-10-7-16(22)13-18(19)23/h3-11,13-14H,1,12H2,2H3,(H,24,26)/b11-6+. The monoisotopic (exact) mass is 419 g/mol. The average Bonchev–Trinajstić information content (AvgIpc) is 2.67. The summed E-state index contributed by atoms with van der Waals surface area (Å²) >= 11 is 11.8. The van der Waals surface area contributed by atoms with E-state index >= 15 is 0 Å². The first-order valence-corrected chi connectivity index (χ1v) is 9.13. The maximum Gasteiger partial charge on any atom is 0.331 e. The molecule has 7 heteroatoms. The van der Waals surface area contributed by atoms with Crippen LogP contribution in [0.5, 0.6) is 5.75 Å². The highest BCUT2D eigenvalue weighted by molar-refractivity contribution is 6.36. The predicted molar refractivity (Wildman–Crippen MR) is 112 cm³/mol. The van der Waals surface area contributed by atoms with E-state index in [1.54, 1.807) is 48.6 Å². The molecule has 0 saturated carbocycles. The van der Waals surface area contributed by atoms with Crippen LogP contribution in [-0.2, 0) is 14.3 Å². The third-order valence-electron chi connectivity index (χ3n) is 3.51. The Kier molecular flexibility index (Phi) is 8.11. The first-order chi connectivity index (χ1) is 13.4. The van der Waals surface area contributed by atoms with Crippen LogP contribution in [-0.4, -0.2) is 24.6 Å². The van der Waals surface area contributed by atoms with Crippen LogP contribution in [0.3, 0.4) is 0 Å². The number of ether oxygens (including phenoxy) is 2. The minimum Gasteiger partial charge on any atom is -0.490 e. The molecule has 0 fully saturated rings. The summed E-state index contributed by atoms with van der Waals surface area (Å²) in [4.78, 5) is 24.1. The predicted octanol–water partition coefficient (Wildman–Crippen LogP) is 5.14. The van der Waals surface area contributed by atoms with E-state index in [0.29, 0.717) is 28.1 Å². The molecule has 2 aromatic rings. The van der Waals surface area contributed by atoms with Crippen LogP contribution in [0.15, 0.2) is 61.2 Å². The number of carbonyl (C=O) groups is 2. The Morgan fingerprint density at radius 3 is 2.54 bits per heavy atom. The largest absolute Gasteiger partial charge is 0.490 e. The lowest BCUT2D eigenvalue weighted by atomic mass is 10.2. The van der Waals surface area contributed by atoms with Crippen LogP contribution in [0.4, 0.5) is 5.69 Å². The van der Waals surface area contributed by atoms with Gasteiger partial charge in [0.25, 0.3) is 5.91 Å². The Hall–Kier alpha value is -2.76. The number of carbonyl (C=O) groups excluding carboxylic acids is 2. The van der Waals surface area contributed by atoms with E-state index in [9.17, 15) is 9.59 Å². The summed E-state index contributed by atoms with van der Waals surface area (Å²) in [5.74, 6) is -0.447. The van der Waals surface area contributed by atoms with Gasteiger partial charge < -0.3 is 14.8 Å². The van der Waals surface area contributed by atoms with Crippen molar-refractivity contribution in [1.82, 2.24) is 0 Å². The molecule has 0 bridgehead atoms. The fourth-order valence-corrected chi connectivity index (χ4v) is 2.54. The molecule has 0 aliphatic heterocycles. The van der Waals surface area contributed by atoms with E-state index in [1.807, 2.05) is 0 Å². The van der Waals surface area contributed by atoms with Crippen LogP contribution in [0.25, 0.3) is 6.08 Å². The van der Waals surface area contributed by atoms with E-state index in [0.717, 1.165) is 5.56 Å². The number of hydrogen-bond donors (Lipinski definition) is 1. The second kappa shape index (κ2) is 10.5. The summed E-state index contributed by atoms with van der Waals surface area (Å²) in [5.41, 5.74) is 1.17. The maximum atomic E-state index is 12.2. The van der Waals surface area contributed by atoms with Crippen molar-refractivity contribution < 1.29 is 19.1 Å². The van der Waals surface area contributed by atoms with Gasteiger partial charge in [0.1, 0.15) is 12.4 Å². The molecule has 2 aromatic carbocycles. The van der Waals surface area contributed by atoms with Crippen LogP contribution in [0, 0.1) is 0 Å². The van der Waals surface area contributed by atoms with Gasteiger partial charge in [-0.15, -0.1) is 0 Å². The fraction of sp³-hybridized carbons (Fsp3) is 0.143. The van der Waals surface area contributed by atoms with E-state index in [-0.39, 0.29) is 0 Å². The van der Waals surface area contributed by atoms with Crippen molar-refractivity contribution in [2.75, 3.05) is 11.9 Å². The third-order valence-corrected chi connectivity index (χ3v) is 4.06. The molecular weight excluding hydrogens is 401 g/mol. The van der Waals surface area contributed by atoms with Gasteiger partial charge >= 0.3 is 5.97 Å². The summed E-state index contributed by atoms with van der Waals surface area (Å²) in [6, 6.07) is 11.8. The molecule has 1 atom stereocenters. The molecule has 0 spiro atoms. The van der Waals surface area contributed by atoms with Crippen LogP contribution in [0.1, 0.15) is 12.5 Å². The number of amides is 1. The fourth-order valence-electron chi connectivity index (χ4n) is 2.09. The lowest BCUT2D eigenvalue weighted by Crippen LogP contribution is -2.29. The van der Waals surface area contributed by atoms with Gasteiger partial charge in [-0.2, -0.15) is 0 Å². The molecule has 0 aromatic heterocycles. The van der Waals surface area contributed by atoms with Gasteiger partial charge in [0, 0.05) is 11.1 Å². The van der Waals surface area contributed by atoms with Crippen LogP contribution >= 0.6 is 23.2 Å². The maximum absolute atomic E-state index is 12.2. The highest BCUT2D eigenvalue weighted by Gasteiger charge is 2.17.